The smallest absolute Gasteiger partial charge is 0.168 e. The molecular formula is C11H17F2N3O. The van der Waals surface area contributed by atoms with E-state index in [0.717, 1.165) is 0 Å². The number of hydrogen-bond donors (Lipinski definition) is 2. The van der Waals surface area contributed by atoms with E-state index in [4.69, 9.17) is 10.5 Å². The lowest BCUT2D eigenvalue weighted by Gasteiger charge is -2.25. The zero-order chi connectivity index (χ0) is 13.1. The zero-order valence-electron chi connectivity index (χ0n) is 10.2. The van der Waals surface area contributed by atoms with Crippen molar-refractivity contribution < 1.29 is 13.5 Å². The number of nitrogens with zero attached hydrogens (tertiary/aromatic N) is 1. The number of nitrogens with one attached hydrogen (secondary N) is 1. The molecule has 17 heavy (non-hydrogen) atoms. The topological polar surface area (TPSA) is 60.2 Å². The summed E-state index contributed by atoms with van der Waals surface area (Å²) in [7, 11) is 0. The van der Waals surface area contributed by atoms with Crippen molar-refractivity contribution in [2.24, 2.45) is 0 Å². The van der Waals surface area contributed by atoms with Gasteiger partial charge in [0.15, 0.2) is 23.3 Å². The van der Waals surface area contributed by atoms with Gasteiger partial charge < -0.3 is 15.8 Å². The molecule has 1 aromatic heterocycles. The van der Waals surface area contributed by atoms with E-state index in [1.54, 1.807) is 0 Å². The summed E-state index contributed by atoms with van der Waals surface area (Å²) in [5, 5.41) is 2.75. The Morgan fingerprint density at radius 3 is 2.65 bits per heavy atom. The second-order valence-corrected chi connectivity index (χ2v) is 4.23. The summed E-state index contributed by atoms with van der Waals surface area (Å²) in [6.07, 6.45) is 0. The van der Waals surface area contributed by atoms with Crippen molar-refractivity contribution in [3.05, 3.63) is 17.7 Å². The molecule has 6 heteroatoms. The first-order chi connectivity index (χ1) is 7.85. The third-order valence-electron chi connectivity index (χ3n) is 2.17. The van der Waals surface area contributed by atoms with Crippen LogP contribution in [0.3, 0.4) is 0 Å². The van der Waals surface area contributed by atoms with Crippen molar-refractivity contribution in [3.63, 3.8) is 0 Å². The number of ether oxygens (including phenoxy) is 1. The Morgan fingerprint density at radius 1 is 1.41 bits per heavy atom. The highest BCUT2D eigenvalue weighted by Crippen LogP contribution is 2.18. The summed E-state index contributed by atoms with van der Waals surface area (Å²) >= 11 is 0. The Balaban J connectivity index is 2.73. The van der Waals surface area contributed by atoms with Gasteiger partial charge in [-0.2, -0.15) is 0 Å². The molecule has 0 aromatic carbocycles. The molecule has 3 N–H and O–H groups in total. The molecule has 0 atom stereocenters. The molecule has 0 unspecified atom stereocenters. The monoisotopic (exact) mass is 245 g/mol. The third kappa shape index (κ3) is 3.81. The number of nitrogen functional groups attached to an aromatic ring is 1. The molecule has 0 aliphatic carbocycles. The van der Waals surface area contributed by atoms with Crippen LogP contribution in [-0.4, -0.2) is 23.7 Å². The summed E-state index contributed by atoms with van der Waals surface area (Å²) in [5.41, 5.74) is 4.80. The molecule has 1 heterocycles. The molecule has 96 valence electrons. The predicted molar refractivity (Wildman–Crippen MR) is 62.8 cm³/mol. The standard InChI is InChI=1S/C11H17F2N3O/c1-4-17-11(2,3)6-15-10-8(13)5-7(12)9(14)16-10/h5H,4,6H2,1-3H3,(H3,14,15,16). The maximum absolute atomic E-state index is 13.3. The molecule has 0 aliphatic rings. The highest BCUT2D eigenvalue weighted by Gasteiger charge is 2.19. The fourth-order valence-corrected chi connectivity index (χ4v) is 1.34. The molecule has 4 nitrogen and oxygen atoms in total. The Hall–Kier alpha value is -1.43. The summed E-state index contributed by atoms with van der Waals surface area (Å²) in [6.45, 7) is 6.48. The highest BCUT2D eigenvalue weighted by atomic mass is 19.1. The van der Waals surface area contributed by atoms with Crippen molar-refractivity contribution in [1.29, 1.82) is 0 Å². The quantitative estimate of drug-likeness (QED) is 0.834. The number of aromatic nitrogens is 1. The van der Waals surface area contributed by atoms with Crippen LogP contribution in [0, 0.1) is 11.6 Å². The van der Waals surface area contributed by atoms with Gasteiger partial charge in [-0.25, -0.2) is 13.8 Å². The summed E-state index contributed by atoms with van der Waals surface area (Å²) < 4.78 is 31.6. The Kier molecular flexibility index (Phi) is 4.22. The predicted octanol–water partition coefficient (Wildman–Crippen LogP) is 2.17. The van der Waals surface area contributed by atoms with Crippen molar-refractivity contribution in [3.8, 4) is 0 Å². The molecule has 0 fully saturated rings. The van der Waals surface area contributed by atoms with Crippen LogP contribution < -0.4 is 11.1 Å². The van der Waals surface area contributed by atoms with Gasteiger partial charge in [-0.05, 0) is 20.8 Å². The second-order valence-electron chi connectivity index (χ2n) is 4.23. The number of pyridine rings is 1. The van der Waals surface area contributed by atoms with Crippen molar-refractivity contribution >= 4 is 11.6 Å². The van der Waals surface area contributed by atoms with Crippen LogP contribution >= 0.6 is 0 Å². The molecule has 0 bridgehead atoms. The van der Waals surface area contributed by atoms with Gasteiger partial charge in [-0.3, -0.25) is 0 Å². The normalized spacial score (nSPS) is 11.6. The minimum atomic E-state index is -0.864. The van der Waals surface area contributed by atoms with Crippen LogP contribution in [0.5, 0.6) is 0 Å². The Bertz CT molecular complexity index is 397. The van der Waals surface area contributed by atoms with Gasteiger partial charge in [-0.15, -0.1) is 0 Å². The lowest BCUT2D eigenvalue weighted by molar-refractivity contribution is 0.000603. The zero-order valence-corrected chi connectivity index (χ0v) is 10.2. The maximum atomic E-state index is 13.3. The van der Waals surface area contributed by atoms with E-state index in [0.29, 0.717) is 19.2 Å². The fraction of sp³-hybridized carbons (Fsp3) is 0.545. The molecule has 1 aromatic rings. The highest BCUT2D eigenvalue weighted by molar-refractivity contribution is 5.45. The van der Waals surface area contributed by atoms with E-state index in [1.165, 1.54) is 0 Å². The first kappa shape index (κ1) is 13.6. The van der Waals surface area contributed by atoms with Gasteiger partial charge in [0.2, 0.25) is 0 Å². The summed E-state index contributed by atoms with van der Waals surface area (Å²) in [4.78, 5) is 3.60. The first-order valence-corrected chi connectivity index (χ1v) is 5.35. The summed E-state index contributed by atoms with van der Waals surface area (Å²) in [5.74, 6) is -2.04. The van der Waals surface area contributed by atoms with Crippen molar-refractivity contribution in [2.45, 2.75) is 26.4 Å². The SMILES string of the molecule is CCOC(C)(C)CNc1nc(N)c(F)cc1F. The van der Waals surface area contributed by atoms with Crippen LogP contribution in [0.1, 0.15) is 20.8 Å². The van der Waals surface area contributed by atoms with Gasteiger partial charge in [-0.1, -0.05) is 0 Å². The number of halogens is 2. The second kappa shape index (κ2) is 5.27. The van der Waals surface area contributed by atoms with Crippen molar-refractivity contribution in [1.82, 2.24) is 4.98 Å². The van der Waals surface area contributed by atoms with Crippen LogP contribution in [-0.2, 0) is 4.74 Å². The minimum Gasteiger partial charge on any atom is -0.381 e. The fourth-order valence-electron chi connectivity index (χ4n) is 1.34. The first-order valence-electron chi connectivity index (χ1n) is 5.35. The van der Waals surface area contributed by atoms with E-state index in [1.807, 2.05) is 20.8 Å². The van der Waals surface area contributed by atoms with Gasteiger partial charge in [0.05, 0.1) is 5.60 Å². The molecule has 1 rings (SSSR count). The van der Waals surface area contributed by atoms with Crippen LogP contribution in [0.25, 0.3) is 0 Å². The van der Waals surface area contributed by atoms with Crippen LogP contribution in [0.15, 0.2) is 6.07 Å². The number of hydrogen-bond acceptors (Lipinski definition) is 4. The molecule has 0 saturated carbocycles. The van der Waals surface area contributed by atoms with E-state index in [2.05, 4.69) is 10.3 Å². The lowest BCUT2D eigenvalue weighted by atomic mass is 10.1. The molecule has 0 spiro atoms. The number of anilines is 2. The number of rotatable bonds is 5. The van der Waals surface area contributed by atoms with Crippen LogP contribution in [0.2, 0.25) is 0 Å². The Morgan fingerprint density at radius 2 is 2.06 bits per heavy atom. The molecule has 0 radical (unpaired) electrons. The van der Waals surface area contributed by atoms with E-state index in [-0.39, 0.29) is 11.6 Å². The molecule has 0 saturated heterocycles. The summed E-state index contributed by atoms with van der Waals surface area (Å²) in [6, 6.07) is 0.707. The van der Waals surface area contributed by atoms with Crippen LogP contribution in [0.4, 0.5) is 20.4 Å². The average Bonchev–Trinajstić information content (AvgIpc) is 2.21. The van der Waals surface area contributed by atoms with Crippen molar-refractivity contribution in [2.75, 3.05) is 24.2 Å². The van der Waals surface area contributed by atoms with E-state index < -0.39 is 17.2 Å². The maximum Gasteiger partial charge on any atom is 0.168 e. The third-order valence-corrected chi connectivity index (χ3v) is 2.17. The van der Waals surface area contributed by atoms with Gasteiger partial charge in [0, 0.05) is 19.2 Å². The van der Waals surface area contributed by atoms with E-state index >= 15 is 0 Å². The Labute approximate surface area is 99.2 Å². The average molecular weight is 245 g/mol. The van der Waals surface area contributed by atoms with Gasteiger partial charge in [0.1, 0.15) is 0 Å². The van der Waals surface area contributed by atoms with Gasteiger partial charge >= 0.3 is 0 Å². The molecule has 0 aliphatic heterocycles. The lowest BCUT2D eigenvalue weighted by Crippen LogP contribution is -2.33. The minimum absolute atomic E-state index is 0.0725. The molecule has 0 amide bonds. The van der Waals surface area contributed by atoms with E-state index in [9.17, 15) is 8.78 Å². The number of nitrogens with two attached hydrogens (primary N) is 1. The van der Waals surface area contributed by atoms with Gasteiger partial charge in [0.25, 0.3) is 0 Å². The molecular weight excluding hydrogens is 228 g/mol. The largest absolute Gasteiger partial charge is 0.381 e.